The van der Waals surface area contributed by atoms with Gasteiger partial charge in [-0.2, -0.15) is 0 Å². The van der Waals surface area contributed by atoms with E-state index in [4.69, 9.17) is 11.6 Å². The maximum atomic E-state index is 11.8. The first-order valence-corrected chi connectivity index (χ1v) is 6.57. The lowest BCUT2D eigenvalue weighted by Crippen LogP contribution is -2.30. The number of nitrogens with one attached hydrogen (secondary N) is 1. The summed E-state index contributed by atoms with van der Waals surface area (Å²) in [4.78, 5) is 17.4. The quantitative estimate of drug-likeness (QED) is 0.936. The van der Waals surface area contributed by atoms with Crippen molar-refractivity contribution in [3.8, 4) is 0 Å². The molecule has 2 aromatic rings. The summed E-state index contributed by atoms with van der Waals surface area (Å²) in [7, 11) is 1.73. The third kappa shape index (κ3) is 3.45. The van der Waals surface area contributed by atoms with Gasteiger partial charge in [-0.05, 0) is 17.7 Å². The zero-order chi connectivity index (χ0) is 13.0. The van der Waals surface area contributed by atoms with Gasteiger partial charge in [-0.3, -0.25) is 5.32 Å². The molecule has 94 valence electrons. The highest BCUT2D eigenvalue weighted by atomic mass is 35.5. The number of carbonyl (C=O) groups excluding carboxylic acids is 1. The highest BCUT2D eigenvalue weighted by Gasteiger charge is 2.10. The molecule has 0 aliphatic carbocycles. The molecule has 0 spiro atoms. The van der Waals surface area contributed by atoms with E-state index in [2.05, 4.69) is 10.3 Å². The van der Waals surface area contributed by atoms with Gasteiger partial charge in [-0.15, -0.1) is 11.3 Å². The van der Waals surface area contributed by atoms with Gasteiger partial charge in [0.1, 0.15) is 0 Å². The number of hydrogen-bond acceptors (Lipinski definition) is 3. The summed E-state index contributed by atoms with van der Waals surface area (Å²) in [6.07, 6.45) is 1.65. The number of carbonyl (C=O) groups is 1. The lowest BCUT2D eigenvalue weighted by Gasteiger charge is -2.17. The van der Waals surface area contributed by atoms with E-state index in [1.165, 1.54) is 11.3 Å². The van der Waals surface area contributed by atoms with Crippen LogP contribution in [0.1, 0.15) is 5.56 Å². The molecule has 1 heterocycles. The Morgan fingerprint density at radius 1 is 1.56 bits per heavy atom. The predicted octanol–water partition coefficient (Wildman–Crippen LogP) is 3.46. The second-order valence-corrected chi connectivity index (χ2v) is 5.08. The second-order valence-electron chi connectivity index (χ2n) is 3.75. The monoisotopic (exact) mass is 281 g/mol. The third-order valence-corrected chi connectivity index (χ3v) is 3.23. The van der Waals surface area contributed by atoms with Crippen LogP contribution in [-0.4, -0.2) is 23.0 Å². The number of nitrogens with zero attached hydrogens (tertiary/aromatic N) is 2. The minimum atomic E-state index is -0.190. The number of urea groups is 1. The van der Waals surface area contributed by atoms with Crippen molar-refractivity contribution in [2.24, 2.45) is 0 Å². The fraction of sp³-hybridized carbons (Fsp3) is 0.167. The van der Waals surface area contributed by atoms with Crippen molar-refractivity contribution in [2.75, 3.05) is 12.4 Å². The van der Waals surface area contributed by atoms with Crippen LogP contribution in [0.4, 0.5) is 9.93 Å². The van der Waals surface area contributed by atoms with Crippen LogP contribution < -0.4 is 5.32 Å². The number of thiazole rings is 1. The SMILES string of the molecule is CN(Cc1cccc(Cl)c1)C(=O)Nc1nccs1. The summed E-state index contributed by atoms with van der Waals surface area (Å²) in [6.45, 7) is 0.498. The molecule has 0 aliphatic rings. The van der Waals surface area contributed by atoms with Gasteiger partial charge < -0.3 is 4.90 Å². The summed E-state index contributed by atoms with van der Waals surface area (Å²) >= 11 is 7.28. The molecular formula is C12H12ClN3OS. The number of halogens is 1. The molecule has 6 heteroatoms. The zero-order valence-corrected chi connectivity index (χ0v) is 11.3. The van der Waals surface area contributed by atoms with E-state index in [9.17, 15) is 4.79 Å². The molecule has 1 aromatic heterocycles. The molecule has 0 unspecified atom stereocenters. The summed E-state index contributed by atoms with van der Waals surface area (Å²) < 4.78 is 0. The molecule has 2 amide bonds. The van der Waals surface area contributed by atoms with Crippen molar-refractivity contribution in [2.45, 2.75) is 6.54 Å². The first kappa shape index (κ1) is 12.9. The third-order valence-electron chi connectivity index (χ3n) is 2.30. The number of rotatable bonds is 3. The molecule has 0 saturated heterocycles. The fourth-order valence-corrected chi connectivity index (χ4v) is 2.18. The highest BCUT2D eigenvalue weighted by Crippen LogP contribution is 2.14. The Morgan fingerprint density at radius 2 is 2.39 bits per heavy atom. The van der Waals surface area contributed by atoms with Gasteiger partial charge in [0.2, 0.25) is 0 Å². The van der Waals surface area contributed by atoms with E-state index in [1.807, 2.05) is 23.6 Å². The molecule has 2 rings (SSSR count). The molecule has 4 nitrogen and oxygen atoms in total. The van der Waals surface area contributed by atoms with Crippen LogP contribution in [0.15, 0.2) is 35.8 Å². The molecule has 18 heavy (non-hydrogen) atoms. The average Bonchev–Trinajstić information content (AvgIpc) is 2.81. The van der Waals surface area contributed by atoms with E-state index in [0.29, 0.717) is 16.7 Å². The molecule has 0 fully saturated rings. The molecule has 0 atom stereocenters. The number of anilines is 1. The van der Waals surface area contributed by atoms with Gasteiger partial charge in [-0.25, -0.2) is 9.78 Å². The molecule has 1 N–H and O–H groups in total. The number of amides is 2. The Balaban J connectivity index is 1.95. The predicted molar refractivity (Wildman–Crippen MR) is 74.1 cm³/mol. The molecule has 0 saturated carbocycles. The summed E-state index contributed by atoms with van der Waals surface area (Å²) in [5.41, 5.74) is 0.985. The molecule has 0 bridgehead atoms. The van der Waals surface area contributed by atoms with Gasteiger partial charge in [0.15, 0.2) is 5.13 Å². The van der Waals surface area contributed by atoms with Crippen molar-refractivity contribution in [1.29, 1.82) is 0 Å². The van der Waals surface area contributed by atoms with Crippen LogP contribution >= 0.6 is 22.9 Å². The maximum Gasteiger partial charge on any atom is 0.323 e. The lowest BCUT2D eigenvalue weighted by atomic mass is 10.2. The fourth-order valence-electron chi connectivity index (χ4n) is 1.45. The molecule has 0 aliphatic heterocycles. The first-order chi connectivity index (χ1) is 8.65. The smallest absolute Gasteiger partial charge is 0.323 e. The largest absolute Gasteiger partial charge is 0.323 e. The van der Waals surface area contributed by atoms with Gasteiger partial charge in [0.05, 0.1) is 0 Å². The Kier molecular flexibility index (Phi) is 4.17. The van der Waals surface area contributed by atoms with E-state index >= 15 is 0 Å². The zero-order valence-electron chi connectivity index (χ0n) is 9.76. The Hall–Kier alpha value is -1.59. The molecule has 1 aromatic carbocycles. The van der Waals surface area contributed by atoms with Gasteiger partial charge in [-0.1, -0.05) is 23.7 Å². The minimum absolute atomic E-state index is 0.190. The topological polar surface area (TPSA) is 45.2 Å². The van der Waals surface area contributed by atoms with Gasteiger partial charge in [0, 0.05) is 30.2 Å². The van der Waals surface area contributed by atoms with Crippen LogP contribution in [0.25, 0.3) is 0 Å². The lowest BCUT2D eigenvalue weighted by molar-refractivity contribution is 0.220. The molecule has 0 radical (unpaired) electrons. The first-order valence-electron chi connectivity index (χ1n) is 5.31. The Bertz CT molecular complexity index is 530. The van der Waals surface area contributed by atoms with E-state index in [0.717, 1.165) is 5.56 Å². The van der Waals surface area contributed by atoms with E-state index in [-0.39, 0.29) is 6.03 Å². The standard InChI is InChI=1S/C12H12ClN3OS/c1-16(8-9-3-2-4-10(13)7-9)12(17)15-11-14-5-6-18-11/h2-7H,8H2,1H3,(H,14,15,17). The van der Waals surface area contributed by atoms with Crippen molar-refractivity contribution in [3.63, 3.8) is 0 Å². The summed E-state index contributed by atoms with van der Waals surface area (Å²) in [5, 5.41) is 5.79. The van der Waals surface area contributed by atoms with Crippen LogP contribution in [0.5, 0.6) is 0 Å². The van der Waals surface area contributed by atoms with Crippen LogP contribution in [-0.2, 0) is 6.54 Å². The van der Waals surface area contributed by atoms with Crippen molar-refractivity contribution >= 4 is 34.1 Å². The Morgan fingerprint density at radius 3 is 3.06 bits per heavy atom. The number of benzene rings is 1. The highest BCUT2D eigenvalue weighted by molar-refractivity contribution is 7.13. The molecular weight excluding hydrogens is 270 g/mol. The van der Waals surface area contributed by atoms with Crippen molar-refractivity contribution in [1.82, 2.24) is 9.88 Å². The Labute approximate surface area is 114 Å². The minimum Gasteiger partial charge on any atom is -0.323 e. The maximum absolute atomic E-state index is 11.8. The van der Waals surface area contributed by atoms with Crippen molar-refractivity contribution < 1.29 is 4.79 Å². The number of hydrogen-bond donors (Lipinski definition) is 1. The normalized spacial score (nSPS) is 10.1. The van der Waals surface area contributed by atoms with E-state index < -0.39 is 0 Å². The van der Waals surface area contributed by atoms with Gasteiger partial charge >= 0.3 is 6.03 Å². The van der Waals surface area contributed by atoms with Crippen LogP contribution in [0.2, 0.25) is 5.02 Å². The number of aromatic nitrogens is 1. The summed E-state index contributed by atoms with van der Waals surface area (Å²) in [6, 6.07) is 7.25. The summed E-state index contributed by atoms with van der Waals surface area (Å²) in [5.74, 6) is 0. The van der Waals surface area contributed by atoms with Gasteiger partial charge in [0.25, 0.3) is 0 Å². The van der Waals surface area contributed by atoms with Crippen LogP contribution in [0.3, 0.4) is 0 Å². The second kappa shape index (κ2) is 5.84. The van der Waals surface area contributed by atoms with Crippen molar-refractivity contribution in [3.05, 3.63) is 46.4 Å². The van der Waals surface area contributed by atoms with E-state index in [1.54, 1.807) is 24.2 Å². The van der Waals surface area contributed by atoms with Crippen LogP contribution in [0, 0.1) is 0 Å². The average molecular weight is 282 g/mol.